The van der Waals surface area contributed by atoms with Gasteiger partial charge in [-0.1, -0.05) is 48.5 Å². The summed E-state index contributed by atoms with van der Waals surface area (Å²) in [7, 11) is 0. The maximum atomic E-state index is 11.5. The molecule has 0 saturated carbocycles. The Kier molecular flexibility index (Phi) is 3.67. The summed E-state index contributed by atoms with van der Waals surface area (Å²) < 4.78 is 0. The zero-order valence-electron chi connectivity index (χ0n) is 16.6. The summed E-state index contributed by atoms with van der Waals surface area (Å²) in [4.78, 5) is 22.3. The Bertz CT molecular complexity index is 1420. The molecule has 0 fully saturated rings. The average Bonchev–Trinajstić information content (AvgIpc) is 3.30. The molecule has 32 heavy (non-hydrogen) atoms. The molecule has 0 saturated heterocycles. The predicted molar refractivity (Wildman–Crippen MR) is 122 cm³/mol. The van der Waals surface area contributed by atoms with E-state index in [1.54, 1.807) is 24.3 Å². The summed E-state index contributed by atoms with van der Waals surface area (Å²) in [6, 6.07) is 25.6. The van der Waals surface area contributed by atoms with Gasteiger partial charge in [0.2, 0.25) is 0 Å². The highest BCUT2D eigenvalue weighted by Gasteiger charge is 2.33. The second-order valence-corrected chi connectivity index (χ2v) is 7.82. The number of non-ortho nitro benzene ring substituents is 2. The van der Waals surface area contributed by atoms with Gasteiger partial charge in [0.15, 0.2) is 0 Å². The number of rotatable bonds is 2. The van der Waals surface area contributed by atoms with Crippen LogP contribution in [0.3, 0.4) is 0 Å². The number of benzene rings is 4. The number of nitro benzene ring substituents is 2. The third-order valence-electron chi connectivity index (χ3n) is 6.19. The van der Waals surface area contributed by atoms with Crippen LogP contribution in [0.4, 0.5) is 11.4 Å². The average molecular weight is 418 g/mol. The van der Waals surface area contributed by atoms with Gasteiger partial charge in [-0.3, -0.25) is 20.2 Å². The van der Waals surface area contributed by atoms with E-state index in [4.69, 9.17) is 0 Å². The molecule has 0 bridgehead atoms. The van der Waals surface area contributed by atoms with Crippen molar-refractivity contribution in [2.75, 3.05) is 0 Å². The molecule has 2 aliphatic carbocycles. The van der Waals surface area contributed by atoms with E-state index in [1.165, 1.54) is 12.1 Å². The molecule has 0 aliphatic heterocycles. The first kappa shape index (κ1) is 18.2. The third-order valence-corrected chi connectivity index (χ3v) is 6.19. The zero-order chi connectivity index (χ0) is 22.0. The SMILES string of the molecule is O=[N+]([O-])c1ccc2c(c1)C(=C1c3ccccc3-c3ccc([N+](=O)[O-])cc31)c1ccccc1-2. The molecule has 0 unspecified atom stereocenters. The van der Waals surface area contributed by atoms with Crippen LogP contribution in [-0.2, 0) is 0 Å². The molecule has 0 radical (unpaired) electrons. The third kappa shape index (κ3) is 2.40. The predicted octanol–water partition coefficient (Wildman–Crippen LogP) is 6.47. The van der Waals surface area contributed by atoms with Crippen molar-refractivity contribution in [1.82, 2.24) is 0 Å². The van der Waals surface area contributed by atoms with Crippen molar-refractivity contribution in [2.24, 2.45) is 0 Å². The molecule has 0 atom stereocenters. The molecule has 2 aliphatic rings. The number of nitrogens with zero attached hydrogens (tertiary/aromatic N) is 2. The van der Waals surface area contributed by atoms with Crippen molar-refractivity contribution in [3.05, 3.63) is 127 Å². The summed E-state index contributed by atoms with van der Waals surface area (Å²) in [5.74, 6) is 0. The van der Waals surface area contributed by atoms with Gasteiger partial charge in [-0.15, -0.1) is 0 Å². The van der Waals surface area contributed by atoms with Crippen LogP contribution in [-0.4, -0.2) is 9.85 Å². The van der Waals surface area contributed by atoms with Gasteiger partial charge in [0, 0.05) is 24.3 Å². The van der Waals surface area contributed by atoms with Crippen molar-refractivity contribution in [3.63, 3.8) is 0 Å². The molecule has 6 heteroatoms. The highest BCUT2D eigenvalue weighted by molar-refractivity contribution is 6.19. The zero-order valence-corrected chi connectivity index (χ0v) is 16.6. The summed E-state index contributed by atoms with van der Waals surface area (Å²) in [6.45, 7) is 0. The summed E-state index contributed by atoms with van der Waals surface area (Å²) >= 11 is 0. The Morgan fingerprint density at radius 2 is 0.781 bits per heavy atom. The van der Waals surface area contributed by atoms with Crippen LogP contribution in [0.15, 0.2) is 84.9 Å². The number of fused-ring (bicyclic) bond motifs is 6. The van der Waals surface area contributed by atoms with Crippen molar-refractivity contribution in [2.45, 2.75) is 0 Å². The maximum Gasteiger partial charge on any atom is 0.270 e. The molecule has 6 nitrogen and oxygen atoms in total. The minimum Gasteiger partial charge on any atom is -0.258 e. The fourth-order valence-electron chi connectivity index (χ4n) is 4.88. The van der Waals surface area contributed by atoms with Crippen LogP contribution < -0.4 is 0 Å². The lowest BCUT2D eigenvalue weighted by molar-refractivity contribution is -0.385. The Morgan fingerprint density at radius 3 is 1.16 bits per heavy atom. The standard InChI is InChI=1S/C26H14N2O4/c29-27(30)15-9-11-19-17-5-1-3-7-21(17)25(23(19)13-15)26-22-8-4-2-6-18(22)20-12-10-16(28(31)32)14-24(20)26/h1-14H. The highest BCUT2D eigenvalue weighted by Crippen LogP contribution is 2.54. The molecule has 0 amide bonds. The number of nitro groups is 2. The van der Waals surface area contributed by atoms with Crippen molar-refractivity contribution >= 4 is 22.5 Å². The minimum absolute atomic E-state index is 0.0141. The minimum atomic E-state index is -0.396. The molecule has 0 spiro atoms. The fraction of sp³-hybridized carbons (Fsp3) is 0. The second-order valence-electron chi connectivity index (χ2n) is 7.82. The van der Waals surface area contributed by atoms with E-state index in [9.17, 15) is 20.2 Å². The van der Waals surface area contributed by atoms with Gasteiger partial charge in [0.25, 0.3) is 11.4 Å². The van der Waals surface area contributed by atoms with Gasteiger partial charge in [-0.2, -0.15) is 0 Å². The van der Waals surface area contributed by atoms with Crippen molar-refractivity contribution < 1.29 is 9.85 Å². The largest absolute Gasteiger partial charge is 0.270 e. The van der Waals surface area contributed by atoms with E-state index < -0.39 is 9.85 Å². The molecule has 0 N–H and O–H groups in total. The molecule has 0 aromatic heterocycles. The molecular weight excluding hydrogens is 404 g/mol. The Hall–Kier alpha value is -4.58. The Balaban J connectivity index is 1.78. The van der Waals surface area contributed by atoms with Crippen LogP contribution in [0.25, 0.3) is 33.4 Å². The van der Waals surface area contributed by atoms with Crippen molar-refractivity contribution in [3.8, 4) is 22.3 Å². The van der Waals surface area contributed by atoms with Gasteiger partial charge in [-0.05, 0) is 67.8 Å². The smallest absolute Gasteiger partial charge is 0.258 e. The van der Waals surface area contributed by atoms with Crippen LogP contribution in [0.5, 0.6) is 0 Å². The lowest BCUT2D eigenvalue weighted by atomic mass is 9.91. The first-order valence-corrected chi connectivity index (χ1v) is 10.1. The summed E-state index contributed by atoms with van der Waals surface area (Å²) in [5, 5.41) is 23.1. The van der Waals surface area contributed by atoms with E-state index in [2.05, 4.69) is 0 Å². The van der Waals surface area contributed by atoms with Gasteiger partial charge >= 0.3 is 0 Å². The molecule has 4 aromatic rings. The lowest BCUT2D eigenvalue weighted by Gasteiger charge is -2.11. The van der Waals surface area contributed by atoms with E-state index in [1.807, 2.05) is 48.5 Å². The fourth-order valence-corrected chi connectivity index (χ4v) is 4.88. The van der Waals surface area contributed by atoms with Crippen LogP contribution in [0.2, 0.25) is 0 Å². The highest BCUT2D eigenvalue weighted by atomic mass is 16.6. The van der Waals surface area contributed by atoms with Crippen LogP contribution in [0, 0.1) is 20.2 Å². The second kappa shape index (κ2) is 6.46. The maximum absolute atomic E-state index is 11.5. The van der Waals surface area contributed by atoms with E-state index in [0.717, 1.165) is 55.7 Å². The number of hydrogen-bond acceptors (Lipinski definition) is 4. The topological polar surface area (TPSA) is 86.3 Å². The van der Waals surface area contributed by atoms with E-state index >= 15 is 0 Å². The first-order valence-electron chi connectivity index (χ1n) is 10.1. The van der Waals surface area contributed by atoms with E-state index in [-0.39, 0.29) is 11.4 Å². The molecular formula is C26H14N2O4. The van der Waals surface area contributed by atoms with Gasteiger partial charge < -0.3 is 0 Å². The van der Waals surface area contributed by atoms with Gasteiger partial charge in [0.05, 0.1) is 9.85 Å². The van der Waals surface area contributed by atoms with Crippen LogP contribution in [0.1, 0.15) is 22.3 Å². The molecule has 152 valence electrons. The first-order chi connectivity index (χ1) is 15.5. The number of hydrogen-bond donors (Lipinski definition) is 0. The Labute approximate surface area is 182 Å². The molecule has 6 rings (SSSR count). The summed E-state index contributed by atoms with van der Waals surface area (Å²) in [5.41, 5.74) is 9.06. The molecule has 0 heterocycles. The lowest BCUT2D eigenvalue weighted by Crippen LogP contribution is -1.94. The van der Waals surface area contributed by atoms with Crippen molar-refractivity contribution in [1.29, 1.82) is 0 Å². The Morgan fingerprint density at radius 1 is 0.438 bits per heavy atom. The quantitative estimate of drug-likeness (QED) is 0.238. The van der Waals surface area contributed by atoms with Crippen LogP contribution >= 0.6 is 0 Å². The monoisotopic (exact) mass is 418 g/mol. The molecule has 4 aromatic carbocycles. The van der Waals surface area contributed by atoms with E-state index in [0.29, 0.717) is 0 Å². The normalized spacial score (nSPS) is 15.0. The van der Waals surface area contributed by atoms with Gasteiger partial charge in [0.1, 0.15) is 0 Å². The van der Waals surface area contributed by atoms with Gasteiger partial charge in [-0.25, -0.2) is 0 Å². The summed E-state index contributed by atoms with van der Waals surface area (Å²) in [6.07, 6.45) is 0.